The Hall–Kier alpha value is -2.71. The molecule has 47 heavy (non-hydrogen) atoms. The van der Waals surface area contributed by atoms with E-state index in [4.69, 9.17) is 9.26 Å². The van der Waals surface area contributed by atoms with Crippen LogP contribution in [0.3, 0.4) is 0 Å². The summed E-state index contributed by atoms with van der Waals surface area (Å²) in [5.74, 6) is 0.371. The van der Waals surface area contributed by atoms with Crippen molar-refractivity contribution in [3.8, 4) is 22.5 Å². The number of fused-ring (bicyclic) bond motifs is 1. The van der Waals surface area contributed by atoms with Gasteiger partial charge in [-0.2, -0.15) is 10.1 Å². The molecule has 0 aliphatic heterocycles. The first kappa shape index (κ1) is 34.2. The van der Waals surface area contributed by atoms with Crippen molar-refractivity contribution in [1.29, 1.82) is 0 Å². The predicted octanol–water partition coefficient (Wildman–Crippen LogP) is 4.60. The first-order valence-electron chi connectivity index (χ1n) is 16.4. The standard InChI is InChI=1S/C35H40N6O5.K.H/c1-3-7-30-29(20-23-10-12-24(13-11-23)27-8-4-5-9-28(27)31-38-34(43)46-39-31)32(42)40(33-36-21-37-41(30)33)25-14-16-26(17-15-25)45-22(2)35(44)18-6-19-35;;/h4-5,8-13,21-22,25-26,44H,3,6-7,14-20H2,1-2H3,(H,38,39,43);;/t22?,25-,26-;;. The molecular formula is C35H41KN6O5. The number of aliphatic hydroxyl groups is 1. The van der Waals surface area contributed by atoms with Gasteiger partial charge in [0.15, 0.2) is 5.82 Å². The van der Waals surface area contributed by atoms with Crippen LogP contribution in [0.1, 0.15) is 88.1 Å². The fraction of sp³-hybridized carbons (Fsp3) is 0.457. The quantitative estimate of drug-likeness (QED) is 0.207. The Morgan fingerprint density at radius 3 is 2.43 bits per heavy atom. The average Bonchev–Trinajstić information content (AvgIpc) is 3.72. The van der Waals surface area contributed by atoms with Crippen molar-refractivity contribution in [1.82, 2.24) is 29.3 Å². The number of ether oxygens (including phenoxy) is 1. The Labute approximate surface area is 315 Å². The minimum atomic E-state index is -0.690. The van der Waals surface area contributed by atoms with Gasteiger partial charge < -0.3 is 9.84 Å². The van der Waals surface area contributed by atoms with Crippen molar-refractivity contribution < 1.29 is 14.4 Å². The van der Waals surface area contributed by atoms with Crippen molar-refractivity contribution in [3.05, 3.63) is 92.6 Å². The molecule has 242 valence electrons. The Morgan fingerprint density at radius 2 is 1.79 bits per heavy atom. The van der Waals surface area contributed by atoms with Gasteiger partial charge in [-0.05, 0) is 75.0 Å². The molecule has 2 fully saturated rings. The van der Waals surface area contributed by atoms with Crippen molar-refractivity contribution in [2.24, 2.45) is 0 Å². The normalized spacial score (nSPS) is 19.6. The summed E-state index contributed by atoms with van der Waals surface area (Å²) in [7, 11) is 0. The predicted molar refractivity (Wildman–Crippen MR) is 180 cm³/mol. The zero-order valence-electron chi connectivity index (χ0n) is 26.3. The van der Waals surface area contributed by atoms with Crippen LogP contribution in [0.2, 0.25) is 0 Å². The molecule has 0 spiro atoms. The molecule has 0 radical (unpaired) electrons. The molecule has 11 nitrogen and oxygen atoms in total. The molecule has 3 heterocycles. The second-order valence-electron chi connectivity index (χ2n) is 12.9. The number of aromatic nitrogens is 6. The molecule has 12 heteroatoms. The summed E-state index contributed by atoms with van der Waals surface area (Å²) in [5.41, 5.74) is 4.59. The van der Waals surface area contributed by atoms with Gasteiger partial charge in [-0.25, -0.2) is 9.31 Å². The van der Waals surface area contributed by atoms with Crippen LogP contribution in [0, 0.1) is 0 Å². The summed E-state index contributed by atoms with van der Waals surface area (Å²) < 4.78 is 14.8. The fourth-order valence-electron chi connectivity index (χ4n) is 7.17. The van der Waals surface area contributed by atoms with E-state index in [1.807, 2.05) is 64.5 Å². The third-order valence-corrected chi connectivity index (χ3v) is 9.96. The van der Waals surface area contributed by atoms with Gasteiger partial charge in [-0.3, -0.25) is 18.9 Å². The topological polar surface area (TPSA) is 141 Å². The Morgan fingerprint density at radius 1 is 1.06 bits per heavy atom. The van der Waals surface area contributed by atoms with Crippen LogP contribution < -0.4 is 11.3 Å². The molecular weight excluding hydrogens is 624 g/mol. The SMILES string of the molecule is CCCc1c(Cc2ccc(-c3ccccc3-c3noc(=O)[nH]3)cc2)c(=O)n([C@H]2CC[C@H](OC(C)C3(O)CCC3)CC2)c2ncnn12.[KH]. The zero-order valence-corrected chi connectivity index (χ0v) is 26.3. The van der Waals surface area contributed by atoms with E-state index in [9.17, 15) is 14.7 Å². The van der Waals surface area contributed by atoms with Gasteiger partial charge in [0.05, 0.1) is 23.5 Å². The zero-order chi connectivity index (χ0) is 31.8. The second-order valence-corrected chi connectivity index (χ2v) is 12.9. The van der Waals surface area contributed by atoms with Crippen LogP contribution in [0.25, 0.3) is 28.3 Å². The van der Waals surface area contributed by atoms with Crippen molar-refractivity contribution in [2.45, 2.75) is 102 Å². The maximum absolute atomic E-state index is 14.4. The third kappa shape index (κ3) is 6.78. The first-order chi connectivity index (χ1) is 22.3. The number of H-pyrrole nitrogens is 1. The molecule has 2 saturated carbocycles. The van der Waals surface area contributed by atoms with Crippen LogP contribution in [-0.2, 0) is 17.6 Å². The number of hydrogen-bond donors (Lipinski definition) is 2. The monoisotopic (exact) mass is 664 g/mol. The summed E-state index contributed by atoms with van der Waals surface area (Å²) in [4.78, 5) is 33.2. The molecule has 5 aromatic rings. The number of nitrogens with one attached hydrogen (secondary N) is 1. The molecule has 0 amide bonds. The summed E-state index contributed by atoms with van der Waals surface area (Å²) in [6.07, 6.45) is 9.41. The second kappa shape index (κ2) is 14.4. The third-order valence-electron chi connectivity index (χ3n) is 9.96. The number of aryl methyl sites for hydroxylation is 1. The maximum atomic E-state index is 14.4. The molecule has 3 aromatic heterocycles. The van der Waals surface area contributed by atoms with Crippen molar-refractivity contribution in [2.75, 3.05) is 0 Å². The number of aromatic amines is 1. The number of hydrogen-bond acceptors (Lipinski definition) is 8. The van der Waals surface area contributed by atoms with Gasteiger partial charge >= 0.3 is 57.1 Å². The fourth-order valence-corrected chi connectivity index (χ4v) is 7.17. The molecule has 2 N–H and O–H groups in total. The van der Waals surface area contributed by atoms with Gasteiger partial charge in [0.2, 0.25) is 5.78 Å². The van der Waals surface area contributed by atoms with E-state index in [2.05, 4.69) is 27.1 Å². The summed E-state index contributed by atoms with van der Waals surface area (Å²) in [5, 5.41) is 19.2. The van der Waals surface area contributed by atoms with E-state index in [0.717, 1.165) is 84.9 Å². The van der Waals surface area contributed by atoms with Gasteiger partial charge in [-0.15, -0.1) is 0 Å². The summed E-state index contributed by atoms with van der Waals surface area (Å²) in [6, 6.07) is 15.8. The van der Waals surface area contributed by atoms with E-state index in [1.54, 1.807) is 0 Å². The van der Waals surface area contributed by atoms with E-state index >= 15 is 0 Å². The number of rotatable bonds is 10. The minimum absolute atomic E-state index is 0. The van der Waals surface area contributed by atoms with Crippen molar-refractivity contribution in [3.63, 3.8) is 0 Å². The van der Waals surface area contributed by atoms with Gasteiger partial charge in [0, 0.05) is 23.6 Å². The Balaban J connectivity index is 0.00000386. The molecule has 0 bridgehead atoms. The van der Waals surface area contributed by atoms with Crippen LogP contribution in [0.5, 0.6) is 0 Å². The van der Waals surface area contributed by atoms with Gasteiger partial charge in [0.1, 0.15) is 6.33 Å². The van der Waals surface area contributed by atoms with Crippen molar-refractivity contribution >= 4 is 57.2 Å². The van der Waals surface area contributed by atoms with E-state index in [-0.39, 0.29) is 75.2 Å². The van der Waals surface area contributed by atoms with Gasteiger partial charge in [-0.1, -0.05) is 67.0 Å². The van der Waals surface area contributed by atoms with Crippen LogP contribution >= 0.6 is 0 Å². The molecule has 2 aliphatic rings. The molecule has 1 atom stereocenters. The summed E-state index contributed by atoms with van der Waals surface area (Å²) >= 11 is 0. The average molecular weight is 665 g/mol. The van der Waals surface area contributed by atoms with E-state index in [1.165, 1.54) is 6.33 Å². The Kier molecular flexibility index (Phi) is 10.5. The number of benzene rings is 2. The van der Waals surface area contributed by atoms with Crippen LogP contribution in [0.15, 0.2) is 69.0 Å². The molecule has 7 rings (SSSR count). The Bertz CT molecular complexity index is 1950. The molecule has 0 saturated heterocycles. The molecule has 1 unspecified atom stereocenters. The van der Waals surface area contributed by atoms with Gasteiger partial charge in [0.25, 0.3) is 5.56 Å². The first-order valence-corrected chi connectivity index (χ1v) is 16.4. The van der Waals surface area contributed by atoms with Crippen LogP contribution in [0.4, 0.5) is 0 Å². The van der Waals surface area contributed by atoms with Crippen LogP contribution in [-0.4, -0.2) is 104 Å². The van der Waals surface area contributed by atoms with E-state index < -0.39 is 11.4 Å². The van der Waals surface area contributed by atoms with E-state index in [0.29, 0.717) is 24.4 Å². The summed E-state index contributed by atoms with van der Waals surface area (Å²) in [6.45, 7) is 4.09. The molecule has 2 aliphatic carbocycles. The number of nitrogens with zero attached hydrogens (tertiary/aromatic N) is 5. The molecule has 2 aromatic carbocycles.